The summed E-state index contributed by atoms with van der Waals surface area (Å²) in [7, 11) is 0. The van der Waals surface area contributed by atoms with E-state index in [1.165, 1.54) is 16.5 Å². The molecule has 0 fully saturated rings. The van der Waals surface area contributed by atoms with Crippen molar-refractivity contribution >= 4 is 28.4 Å². The maximum atomic E-state index is 3.44. The number of nitrogens with zero attached hydrogens (tertiary/aromatic N) is 2. The number of rotatable bonds is 5. The van der Waals surface area contributed by atoms with Gasteiger partial charge < -0.3 is 4.90 Å². The summed E-state index contributed by atoms with van der Waals surface area (Å²) in [4.78, 5) is 2.31. The number of hydrogen-bond acceptors (Lipinski definition) is 1. The van der Waals surface area contributed by atoms with Crippen LogP contribution in [0.1, 0.15) is 41.5 Å². The third-order valence-electron chi connectivity index (χ3n) is 5.07. The van der Waals surface area contributed by atoms with Crippen LogP contribution in [0, 0.1) is 0 Å². The van der Waals surface area contributed by atoms with Gasteiger partial charge in [-0.3, -0.25) is 4.58 Å². The molecule has 3 aromatic rings. The van der Waals surface area contributed by atoms with E-state index in [0.717, 1.165) is 5.69 Å². The van der Waals surface area contributed by atoms with E-state index in [-0.39, 0.29) is 11.1 Å². The molecule has 0 bridgehead atoms. The van der Waals surface area contributed by atoms with Crippen LogP contribution in [-0.2, 0) is 0 Å². The van der Waals surface area contributed by atoms with Crippen molar-refractivity contribution in [3.63, 3.8) is 0 Å². The van der Waals surface area contributed by atoms with E-state index in [0.29, 0.717) is 0 Å². The Balaban J connectivity index is 1.85. The van der Waals surface area contributed by atoms with Crippen LogP contribution in [-0.4, -0.2) is 21.9 Å². The first-order chi connectivity index (χ1) is 14.7. The second-order valence-corrected chi connectivity index (χ2v) is 9.74. The van der Waals surface area contributed by atoms with Gasteiger partial charge in [0.15, 0.2) is 0 Å². The first kappa shape index (κ1) is 22.6. The molecule has 0 amide bonds. The molecule has 0 heterocycles. The molecule has 0 unspecified atom stereocenters. The molecule has 0 saturated carbocycles. The molecule has 0 saturated heterocycles. The first-order valence-corrected chi connectivity index (χ1v) is 10.9. The summed E-state index contributed by atoms with van der Waals surface area (Å²) in [5, 5.41) is 2.51. The molecule has 0 radical (unpaired) electrons. The average Bonchev–Trinajstić information content (AvgIpc) is 2.71. The highest BCUT2D eigenvalue weighted by molar-refractivity contribution is 5.86. The third-order valence-corrected chi connectivity index (χ3v) is 5.07. The second-order valence-electron chi connectivity index (χ2n) is 9.74. The van der Waals surface area contributed by atoms with Crippen molar-refractivity contribution < 1.29 is 4.58 Å². The lowest BCUT2D eigenvalue weighted by atomic mass is 10.0. The van der Waals surface area contributed by atoms with E-state index in [2.05, 4.69) is 136 Å². The Labute approximate surface area is 187 Å². The lowest BCUT2D eigenvalue weighted by molar-refractivity contribution is -0.515. The predicted octanol–water partition coefficient (Wildman–Crippen LogP) is 7.61. The molecule has 0 aliphatic rings. The van der Waals surface area contributed by atoms with Gasteiger partial charge in [-0.2, -0.15) is 6.08 Å². The fourth-order valence-electron chi connectivity index (χ4n) is 3.56. The third kappa shape index (κ3) is 5.95. The Morgan fingerprint density at radius 2 is 1.39 bits per heavy atom. The Morgan fingerprint density at radius 1 is 0.742 bits per heavy atom. The van der Waals surface area contributed by atoms with Gasteiger partial charge in [0.05, 0.1) is 0 Å². The van der Waals surface area contributed by atoms with Gasteiger partial charge in [0, 0.05) is 11.2 Å². The Hall–Kier alpha value is -3.13. The van der Waals surface area contributed by atoms with Gasteiger partial charge in [0.2, 0.25) is 0 Å². The standard InChI is InChI=1S/C29H34N2/c1-28(2,3)30(26-17-9-7-10-18-26)21-13-8-14-22-31(29(4,5)6)27-20-19-24-15-11-12-16-25(24)23-27/h7-20,22-23H,1-6H3/b13-8+,22-14?. The minimum Gasteiger partial charge on any atom is -0.344 e. The van der Waals surface area contributed by atoms with E-state index < -0.39 is 0 Å². The number of fused-ring (bicyclic) bond motifs is 1. The topological polar surface area (TPSA) is 6.25 Å². The molecule has 0 spiro atoms. The monoisotopic (exact) mass is 410 g/mol. The molecule has 3 aromatic carbocycles. The van der Waals surface area contributed by atoms with Gasteiger partial charge in [0.1, 0.15) is 17.4 Å². The van der Waals surface area contributed by atoms with Crippen molar-refractivity contribution in [3.8, 4) is 0 Å². The predicted molar refractivity (Wildman–Crippen MR) is 136 cm³/mol. The summed E-state index contributed by atoms with van der Waals surface area (Å²) in [5.74, 6) is 0. The molecule has 0 aliphatic heterocycles. The molecular formula is C29H34N2. The quantitative estimate of drug-likeness (QED) is 0.182. The molecule has 2 heteroatoms. The van der Waals surface area contributed by atoms with E-state index in [4.69, 9.17) is 0 Å². The van der Waals surface area contributed by atoms with Gasteiger partial charge >= 0.3 is 0 Å². The Bertz CT molecular complexity index is 1090. The van der Waals surface area contributed by atoms with Crippen LogP contribution in [0.5, 0.6) is 0 Å². The SMILES string of the molecule is CC(C)(C)N(C=C/C=C/[C-]=[N+](c1ccccc1)C(C)(C)C)c1ccc2ccccc2c1. The largest absolute Gasteiger partial charge is 0.344 e. The van der Waals surface area contributed by atoms with Crippen LogP contribution in [0.3, 0.4) is 0 Å². The summed E-state index contributed by atoms with van der Waals surface area (Å²) >= 11 is 0. The number of para-hydroxylation sites is 1. The Morgan fingerprint density at radius 3 is 2.03 bits per heavy atom. The van der Waals surface area contributed by atoms with Crippen molar-refractivity contribution in [3.05, 3.63) is 97.2 Å². The molecule has 0 aromatic heterocycles. The van der Waals surface area contributed by atoms with Crippen molar-refractivity contribution in [2.45, 2.75) is 52.6 Å². The van der Waals surface area contributed by atoms with Gasteiger partial charge in [-0.15, -0.1) is 12.2 Å². The summed E-state index contributed by atoms with van der Waals surface area (Å²) < 4.78 is 2.17. The van der Waals surface area contributed by atoms with Crippen LogP contribution in [0.25, 0.3) is 10.8 Å². The van der Waals surface area contributed by atoms with Crippen LogP contribution in [0.4, 0.5) is 11.4 Å². The highest BCUT2D eigenvalue weighted by Crippen LogP contribution is 2.28. The number of anilines is 1. The van der Waals surface area contributed by atoms with Crippen LogP contribution in [0.2, 0.25) is 0 Å². The van der Waals surface area contributed by atoms with E-state index in [9.17, 15) is 0 Å². The molecular weight excluding hydrogens is 376 g/mol. The number of benzene rings is 3. The van der Waals surface area contributed by atoms with Gasteiger partial charge in [-0.05, 0) is 82.8 Å². The van der Waals surface area contributed by atoms with Crippen LogP contribution >= 0.6 is 0 Å². The van der Waals surface area contributed by atoms with Crippen molar-refractivity contribution in [2.75, 3.05) is 4.90 Å². The maximum absolute atomic E-state index is 3.44. The molecule has 3 rings (SSSR count). The molecule has 31 heavy (non-hydrogen) atoms. The molecule has 0 atom stereocenters. The molecule has 160 valence electrons. The normalized spacial score (nSPS) is 13.4. The van der Waals surface area contributed by atoms with Crippen LogP contribution < -0.4 is 4.90 Å². The minimum absolute atomic E-state index is 0.0400. The molecule has 2 nitrogen and oxygen atoms in total. The van der Waals surface area contributed by atoms with Crippen molar-refractivity contribution in [2.24, 2.45) is 0 Å². The fourth-order valence-corrected chi connectivity index (χ4v) is 3.56. The highest BCUT2D eigenvalue weighted by Gasteiger charge is 2.21. The zero-order chi connectivity index (χ0) is 22.5. The zero-order valence-corrected chi connectivity index (χ0v) is 19.6. The summed E-state index contributed by atoms with van der Waals surface area (Å²) in [6.07, 6.45) is 11.7. The van der Waals surface area contributed by atoms with Crippen molar-refractivity contribution in [1.29, 1.82) is 0 Å². The average molecular weight is 411 g/mol. The van der Waals surface area contributed by atoms with E-state index >= 15 is 0 Å². The lowest BCUT2D eigenvalue weighted by Crippen LogP contribution is -2.37. The maximum Gasteiger partial charge on any atom is 0.137 e. The zero-order valence-electron chi connectivity index (χ0n) is 19.6. The number of hydrogen-bond donors (Lipinski definition) is 0. The van der Waals surface area contributed by atoms with Gasteiger partial charge in [-0.1, -0.05) is 48.5 Å². The van der Waals surface area contributed by atoms with E-state index in [1.54, 1.807) is 0 Å². The van der Waals surface area contributed by atoms with E-state index in [1.807, 2.05) is 18.2 Å². The molecule has 0 aliphatic carbocycles. The van der Waals surface area contributed by atoms with Gasteiger partial charge in [-0.25, -0.2) is 0 Å². The lowest BCUT2D eigenvalue weighted by Gasteiger charge is -2.35. The van der Waals surface area contributed by atoms with Crippen molar-refractivity contribution in [1.82, 2.24) is 0 Å². The molecule has 0 N–H and O–H groups in total. The summed E-state index contributed by atoms with van der Waals surface area (Å²) in [6, 6.07) is 25.5. The number of allylic oxidation sites excluding steroid dienone is 3. The first-order valence-electron chi connectivity index (χ1n) is 10.9. The fraction of sp³-hybridized carbons (Fsp3) is 0.276. The summed E-state index contributed by atoms with van der Waals surface area (Å²) in [6.45, 7) is 13.3. The van der Waals surface area contributed by atoms with Gasteiger partial charge in [0.25, 0.3) is 0 Å². The summed E-state index contributed by atoms with van der Waals surface area (Å²) in [5.41, 5.74) is 2.22. The minimum atomic E-state index is -0.0576. The van der Waals surface area contributed by atoms with Crippen LogP contribution in [0.15, 0.2) is 97.2 Å². The highest BCUT2D eigenvalue weighted by atomic mass is 15.2. The Kier molecular flexibility index (Phi) is 6.80. The second kappa shape index (κ2) is 9.34. The smallest absolute Gasteiger partial charge is 0.137 e.